The maximum atomic E-state index is 6.12. The van der Waals surface area contributed by atoms with Crippen molar-refractivity contribution in [2.45, 2.75) is 59.6 Å². The first kappa shape index (κ1) is 22.9. The number of para-hydroxylation sites is 2. The molecule has 0 spiro atoms. The van der Waals surface area contributed by atoms with Gasteiger partial charge in [-0.15, -0.1) is 0 Å². The van der Waals surface area contributed by atoms with E-state index in [1.807, 2.05) is 18.2 Å². The van der Waals surface area contributed by atoms with Crippen LogP contribution < -0.4 is 9.47 Å². The molecule has 0 bridgehead atoms. The first-order valence-electron chi connectivity index (χ1n) is 11.7. The molecule has 0 N–H and O–H groups in total. The fourth-order valence-corrected chi connectivity index (χ4v) is 3.95. The minimum atomic E-state index is 0.131. The molecule has 0 radical (unpaired) electrons. The van der Waals surface area contributed by atoms with Crippen molar-refractivity contribution in [1.29, 1.82) is 0 Å². The molecule has 3 aromatic carbocycles. The van der Waals surface area contributed by atoms with Crippen LogP contribution in [0.5, 0.6) is 11.5 Å². The lowest BCUT2D eigenvalue weighted by atomic mass is 9.87. The monoisotopic (exact) mass is 442 g/mol. The average Bonchev–Trinajstić information content (AvgIpc) is 3.14. The summed E-state index contributed by atoms with van der Waals surface area (Å²) in [5, 5.41) is 0. The molecule has 0 aliphatic rings. The van der Waals surface area contributed by atoms with Gasteiger partial charge in [0.25, 0.3) is 0 Å². The second-order valence-corrected chi connectivity index (χ2v) is 9.70. The van der Waals surface area contributed by atoms with E-state index < -0.39 is 0 Å². The Morgan fingerprint density at radius 2 is 1.64 bits per heavy atom. The van der Waals surface area contributed by atoms with Gasteiger partial charge in [0.2, 0.25) is 0 Å². The summed E-state index contributed by atoms with van der Waals surface area (Å²) in [4.78, 5) is 4.84. The standard InChI is InChI=1S/C29H34N2O2/c1-21-11-12-22(2)27(19-21)32-18-8-17-31-26-10-7-6-9-25(26)30-28(31)20-33-24-15-13-23(14-16-24)29(3,4)5/h6-7,9-16,19H,8,17-18,20H2,1-5H3. The van der Waals surface area contributed by atoms with Crippen LogP contribution in [-0.2, 0) is 18.6 Å². The third-order valence-electron chi connectivity index (χ3n) is 5.95. The van der Waals surface area contributed by atoms with Crippen molar-refractivity contribution in [2.75, 3.05) is 6.61 Å². The second-order valence-electron chi connectivity index (χ2n) is 9.70. The van der Waals surface area contributed by atoms with Crippen LogP contribution in [0, 0.1) is 13.8 Å². The summed E-state index contributed by atoms with van der Waals surface area (Å²) in [6, 6.07) is 23.0. The molecular weight excluding hydrogens is 408 g/mol. The smallest absolute Gasteiger partial charge is 0.147 e. The molecule has 0 saturated carbocycles. The fraction of sp³-hybridized carbons (Fsp3) is 0.345. The highest BCUT2D eigenvalue weighted by atomic mass is 16.5. The van der Waals surface area contributed by atoms with Crippen LogP contribution in [0.3, 0.4) is 0 Å². The number of aryl methyl sites for hydroxylation is 3. The van der Waals surface area contributed by atoms with Crippen LogP contribution in [0.1, 0.15) is 49.7 Å². The number of rotatable bonds is 8. The number of nitrogens with zero attached hydrogens (tertiary/aromatic N) is 2. The number of fused-ring (bicyclic) bond motifs is 1. The summed E-state index contributed by atoms with van der Waals surface area (Å²) in [5.74, 6) is 2.76. The quantitative estimate of drug-likeness (QED) is 0.276. The van der Waals surface area contributed by atoms with Crippen molar-refractivity contribution in [3.8, 4) is 11.5 Å². The summed E-state index contributed by atoms with van der Waals surface area (Å²) in [6.45, 7) is 12.7. The Kier molecular flexibility index (Phi) is 6.73. The number of ether oxygens (including phenoxy) is 2. The zero-order valence-corrected chi connectivity index (χ0v) is 20.4. The minimum Gasteiger partial charge on any atom is -0.493 e. The molecule has 4 heteroatoms. The fourth-order valence-electron chi connectivity index (χ4n) is 3.95. The topological polar surface area (TPSA) is 36.3 Å². The van der Waals surface area contributed by atoms with Gasteiger partial charge in [-0.1, -0.05) is 57.2 Å². The highest BCUT2D eigenvalue weighted by Gasteiger charge is 2.14. The van der Waals surface area contributed by atoms with E-state index in [9.17, 15) is 0 Å². The first-order chi connectivity index (χ1) is 15.8. The molecule has 1 aromatic heterocycles. The van der Waals surface area contributed by atoms with E-state index in [4.69, 9.17) is 14.5 Å². The molecule has 0 saturated heterocycles. The second kappa shape index (κ2) is 9.70. The average molecular weight is 443 g/mol. The van der Waals surface area contributed by atoms with Gasteiger partial charge in [-0.05, 0) is 72.7 Å². The highest BCUT2D eigenvalue weighted by molar-refractivity contribution is 5.75. The predicted molar refractivity (Wildman–Crippen MR) is 135 cm³/mol. The predicted octanol–water partition coefficient (Wildman–Crippen LogP) is 7.00. The van der Waals surface area contributed by atoms with Crippen LogP contribution in [0.15, 0.2) is 66.7 Å². The molecule has 0 amide bonds. The van der Waals surface area contributed by atoms with E-state index in [1.54, 1.807) is 0 Å². The van der Waals surface area contributed by atoms with Gasteiger partial charge in [0.15, 0.2) is 0 Å². The number of benzene rings is 3. The molecule has 0 aliphatic heterocycles. The molecule has 33 heavy (non-hydrogen) atoms. The molecule has 1 heterocycles. The Balaban J connectivity index is 1.43. The molecular formula is C29H34N2O2. The number of imidazole rings is 1. The minimum absolute atomic E-state index is 0.131. The first-order valence-corrected chi connectivity index (χ1v) is 11.7. The van der Waals surface area contributed by atoms with E-state index >= 15 is 0 Å². The van der Waals surface area contributed by atoms with Gasteiger partial charge in [0, 0.05) is 6.54 Å². The van der Waals surface area contributed by atoms with Crippen molar-refractivity contribution in [3.05, 3.63) is 89.2 Å². The van der Waals surface area contributed by atoms with Gasteiger partial charge in [0.1, 0.15) is 23.9 Å². The van der Waals surface area contributed by atoms with Gasteiger partial charge in [-0.3, -0.25) is 0 Å². The Hall–Kier alpha value is -3.27. The SMILES string of the molecule is Cc1ccc(C)c(OCCCn2c(COc3ccc(C(C)(C)C)cc3)nc3ccccc32)c1. The molecule has 4 aromatic rings. The Bertz CT molecular complexity index is 1220. The van der Waals surface area contributed by atoms with E-state index in [0.717, 1.165) is 41.3 Å². The summed E-state index contributed by atoms with van der Waals surface area (Å²) in [6.07, 6.45) is 0.890. The normalized spacial score (nSPS) is 11.7. The molecule has 0 fully saturated rings. The van der Waals surface area contributed by atoms with Gasteiger partial charge >= 0.3 is 0 Å². The maximum Gasteiger partial charge on any atom is 0.147 e. The Morgan fingerprint density at radius 1 is 0.879 bits per heavy atom. The molecule has 4 rings (SSSR count). The van der Waals surface area contributed by atoms with Gasteiger partial charge in [-0.2, -0.15) is 0 Å². The number of hydrogen-bond donors (Lipinski definition) is 0. The summed E-state index contributed by atoms with van der Waals surface area (Å²) >= 11 is 0. The Morgan fingerprint density at radius 3 is 2.39 bits per heavy atom. The van der Waals surface area contributed by atoms with Crippen LogP contribution >= 0.6 is 0 Å². The van der Waals surface area contributed by atoms with Gasteiger partial charge in [0.05, 0.1) is 17.6 Å². The lowest BCUT2D eigenvalue weighted by molar-refractivity contribution is 0.279. The number of hydrogen-bond acceptors (Lipinski definition) is 3. The van der Waals surface area contributed by atoms with E-state index in [2.05, 4.69) is 87.7 Å². The summed E-state index contributed by atoms with van der Waals surface area (Å²) in [7, 11) is 0. The van der Waals surface area contributed by atoms with E-state index in [1.165, 1.54) is 16.7 Å². The zero-order chi connectivity index (χ0) is 23.4. The third-order valence-corrected chi connectivity index (χ3v) is 5.95. The van der Waals surface area contributed by atoms with E-state index in [-0.39, 0.29) is 5.41 Å². The number of aromatic nitrogens is 2. The maximum absolute atomic E-state index is 6.12. The van der Waals surface area contributed by atoms with E-state index in [0.29, 0.717) is 13.2 Å². The molecule has 172 valence electrons. The van der Waals surface area contributed by atoms with Crippen LogP contribution in [0.4, 0.5) is 0 Å². The van der Waals surface area contributed by atoms with Crippen LogP contribution in [-0.4, -0.2) is 16.2 Å². The lowest BCUT2D eigenvalue weighted by Gasteiger charge is -2.19. The summed E-state index contributed by atoms with van der Waals surface area (Å²) < 4.78 is 14.4. The summed E-state index contributed by atoms with van der Waals surface area (Å²) in [5.41, 5.74) is 5.93. The van der Waals surface area contributed by atoms with Gasteiger partial charge in [-0.25, -0.2) is 4.98 Å². The molecule has 4 nitrogen and oxygen atoms in total. The van der Waals surface area contributed by atoms with Crippen molar-refractivity contribution in [3.63, 3.8) is 0 Å². The molecule has 0 unspecified atom stereocenters. The van der Waals surface area contributed by atoms with Crippen molar-refractivity contribution in [1.82, 2.24) is 9.55 Å². The van der Waals surface area contributed by atoms with Crippen LogP contribution in [0.25, 0.3) is 11.0 Å². The highest BCUT2D eigenvalue weighted by Crippen LogP contribution is 2.25. The zero-order valence-electron chi connectivity index (χ0n) is 20.4. The van der Waals surface area contributed by atoms with Crippen molar-refractivity contribution < 1.29 is 9.47 Å². The third kappa shape index (κ3) is 5.57. The largest absolute Gasteiger partial charge is 0.493 e. The Labute approximate surface area is 197 Å². The van der Waals surface area contributed by atoms with Crippen molar-refractivity contribution in [2.24, 2.45) is 0 Å². The van der Waals surface area contributed by atoms with Crippen LogP contribution in [0.2, 0.25) is 0 Å². The lowest BCUT2D eigenvalue weighted by Crippen LogP contribution is -2.11. The van der Waals surface area contributed by atoms with Gasteiger partial charge < -0.3 is 14.0 Å². The van der Waals surface area contributed by atoms with Crippen molar-refractivity contribution >= 4 is 11.0 Å². The molecule has 0 atom stereocenters. The molecule has 0 aliphatic carbocycles.